The summed E-state index contributed by atoms with van der Waals surface area (Å²) in [6.45, 7) is 6.56. The minimum atomic E-state index is -0.136. The van der Waals surface area contributed by atoms with Gasteiger partial charge in [-0.05, 0) is 36.6 Å². The van der Waals surface area contributed by atoms with Crippen molar-refractivity contribution in [2.45, 2.75) is 20.8 Å². The molecule has 0 bridgehead atoms. The average Bonchev–Trinajstić information content (AvgIpc) is 2.12. The smallest absolute Gasteiger partial charge is 0.251 e. The standard InChI is InChI=1S/C12H17NO2/c1-8(2)7-13-12(15)10-4-9(3)5-11(14)6-10/h4-6,8,14H,7H2,1-3H3,(H,13,15). The van der Waals surface area contributed by atoms with Crippen molar-refractivity contribution in [1.82, 2.24) is 5.32 Å². The summed E-state index contributed by atoms with van der Waals surface area (Å²) in [7, 11) is 0. The van der Waals surface area contributed by atoms with Gasteiger partial charge in [-0.25, -0.2) is 0 Å². The minimum absolute atomic E-state index is 0.129. The van der Waals surface area contributed by atoms with Crippen molar-refractivity contribution < 1.29 is 9.90 Å². The van der Waals surface area contributed by atoms with E-state index in [2.05, 4.69) is 5.32 Å². The topological polar surface area (TPSA) is 49.3 Å². The SMILES string of the molecule is Cc1cc(O)cc(C(=O)NCC(C)C)c1. The number of aromatic hydroxyl groups is 1. The quantitative estimate of drug-likeness (QED) is 0.797. The first-order valence-electron chi connectivity index (χ1n) is 5.08. The molecule has 0 aliphatic heterocycles. The highest BCUT2D eigenvalue weighted by atomic mass is 16.3. The van der Waals surface area contributed by atoms with Crippen molar-refractivity contribution in [2.24, 2.45) is 5.92 Å². The first kappa shape index (κ1) is 11.6. The highest BCUT2D eigenvalue weighted by Crippen LogP contribution is 2.14. The molecular weight excluding hydrogens is 190 g/mol. The lowest BCUT2D eigenvalue weighted by Gasteiger charge is -2.08. The lowest BCUT2D eigenvalue weighted by Crippen LogP contribution is -2.27. The van der Waals surface area contributed by atoms with E-state index >= 15 is 0 Å². The number of phenolic OH excluding ortho intramolecular Hbond substituents is 1. The van der Waals surface area contributed by atoms with Crippen LogP contribution in [0.25, 0.3) is 0 Å². The monoisotopic (exact) mass is 207 g/mol. The van der Waals surface area contributed by atoms with Crippen LogP contribution < -0.4 is 5.32 Å². The first-order chi connectivity index (χ1) is 6.99. The van der Waals surface area contributed by atoms with Gasteiger partial charge in [0.25, 0.3) is 5.91 Å². The van der Waals surface area contributed by atoms with Crippen molar-refractivity contribution in [3.8, 4) is 5.75 Å². The van der Waals surface area contributed by atoms with E-state index in [0.717, 1.165) is 5.56 Å². The van der Waals surface area contributed by atoms with Gasteiger partial charge >= 0.3 is 0 Å². The number of benzene rings is 1. The maximum Gasteiger partial charge on any atom is 0.251 e. The van der Waals surface area contributed by atoms with Gasteiger partial charge in [-0.1, -0.05) is 13.8 Å². The third kappa shape index (κ3) is 3.62. The fourth-order valence-corrected chi connectivity index (χ4v) is 1.29. The van der Waals surface area contributed by atoms with E-state index in [0.29, 0.717) is 18.0 Å². The zero-order valence-corrected chi connectivity index (χ0v) is 9.37. The van der Waals surface area contributed by atoms with Gasteiger partial charge in [-0.3, -0.25) is 4.79 Å². The van der Waals surface area contributed by atoms with E-state index < -0.39 is 0 Å². The summed E-state index contributed by atoms with van der Waals surface area (Å²) in [6, 6.07) is 4.86. The highest BCUT2D eigenvalue weighted by molar-refractivity contribution is 5.94. The molecule has 0 unspecified atom stereocenters. The molecule has 0 saturated heterocycles. The summed E-state index contributed by atoms with van der Waals surface area (Å²) in [5.41, 5.74) is 1.39. The normalized spacial score (nSPS) is 10.4. The van der Waals surface area contributed by atoms with E-state index in [1.165, 1.54) is 6.07 Å². The molecule has 3 nitrogen and oxygen atoms in total. The number of amides is 1. The molecular formula is C12H17NO2. The molecule has 0 aromatic heterocycles. The Balaban J connectivity index is 2.73. The molecule has 82 valence electrons. The van der Waals surface area contributed by atoms with Gasteiger partial charge in [-0.15, -0.1) is 0 Å². The van der Waals surface area contributed by atoms with Gasteiger partial charge in [0.2, 0.25) is 0 Å². The number of hydrogen-bond donors (Lipinski definition) is 2. The van der Waals surface area contributed by atoms with Gasteiger partial charge < -0.3 is 10.4 Å². The zero-order valence-electron chi connectivity index (χ0n) is 9.37. The Kier molecular flexibility index (Phi) is 3.72. The van der Waals surface area contributed by atoms with E-state index in [1.807, 2.05) is 20.8 Å². The largest absolute Gasteiger partial charge is 0.508 e. The lowest BCUT2D eigenvalue weighted by molar-refractivity contribution is 0.0948. The first-order valence-corrected chi connectivity index (χ1v) is 5.08. The second-order valence-corrected chi connectivity index (χ2v) is 4.16. The molecule has 0 radical (unpaired) electrons. The number of phenols is 1. The van der Waals surface area contributed by atoms with Crippen molar-refractivity contribution in [1.29, 1.82) is 0 Å². The van der Waals surface area contributed by atoms with Crippen molar-refractivity contribution in [3.05, 3.63) is 29.3 Å². The Morgan fingerprint density at radius 2 is 2.07 bits per heavy atom. The summed E-state index contributed by atoms with van der Waals surface area (Å²) >= 11 is 0. The summed E-state index contributed by atoms with van der Waals surface area (Å²) < 4.78 is 0. The third-order valence-corrected chi connectivity index (χ3v) is 2.00. The second kappa shape index (κ2) is 4.82. The van der Waals surface area contributed by atoms with Crippen molar-refractivity contribution in [2.75, 3.05) is 6.54 Å². The molecule has 3 heteroatoms. The van der Waals surface area contributed by atoms with Gasteiger partial charge in [0.1, 0.15) is 5.75 Å². The predicted molar refractivity (Wildman–Crippen MR) is 60.0 cm³/mol. The number of aryl methyl sites for hydroxylation is 1. The number of nitrogens with one attached hydrogen (secondary N) is 1. The average molecular weight is 207 g/mol. The van der Waals surface area contributed by atoms with Crippen LogP contribution in [-0.2, 0) is 0 Å². The maximum atomic E-state index is 11.6. The Hall–Kier alpha value is -1.51. The Labute approximate surface area is 90.1 Å². The van der Waals surface area contributed by atoms with Crippen LogP contribution in [0.3, 0.4) is 0 Å². The number of carbonyl (C=O) groups excluding carboxylic acids is 1. The number of rotatable bonds is 3. The lowest BCUT2D eigenvalue weighted by atomic mass is 10.1. The Morgan fingerprint density at radius 1 is 1.40 bits per heavy atom. The number of hydrogen-bond acceptors (Lipinski definition) is 2. The molecule has 15 heavy (non-hydrogen) atoms. The van der Waals surface area contributed by atoms with Crippen LogP contribution in [0.1, 0.15) is 29.8 Å². The zero-order chi connectivity index (χ0) is 11.4. The molecule has 1 amide bonds. The fraction of sp³-hybridized carbons (Fsp3) is 0.417. The van der Waals surface area contributed by atoms with Crippen molar-refractivity contribution >= 4 is 5.91 Å². The molecule has 0 aliphatic rings. The molecule has 1 aromatic carbocycles. The molecule has 0 atom stereocenters. The molecule has 1 rings (SSSR count). The van der Waals surface area contributed by atoms with Crippen molar-refractivity contribution in [3.63, 3.8) is 0 Å². The van der Waals surface area contributed by atoms with Gasteiger partial charge in [0, 0.05) is 12.1 Å². The highest BCUT2D eigenvalue weighted by Gasteiger charge is 2.07. The minimum Gasteiger partial charge on any atom is -0.508 e. The Bertz CT molecular complexity index is 338. The fourth-order valence-electron chi connectivity index (χ4n) is 1.29. The molecule has 0 fully saturated rings. The van der Waals surface area contributed by atoms with E-state index in [9.17, 15) is 9.90 Å². The molecule has 0 spiro atoms. The molecule has 1 aromatic rings. The van der Waals surface area contributed by atoms with E-state index in [-0.39, 0.29) is 11.7 Å². The van der Waals surface area contributed by atoms with Crippen LogP contribution in [0.4, 0.5) is 0 Å². The second-order valence-electron chi connectivity index (χ2n) is 4.16. The summed E-state index contributed by atoms with van der Waals surface area (Å²) in [4.78, 5) is 11.6. The Morgan fingerprint density at radius 3 is 2.60 bits per heavy atom. The van der Waals surface area contributed by atoms with Gasteiger partial charge in [0.05, 0.1) is 0 Å². The third-order valence-electron chi connectivity index (χ3n) is 2.00. The van der Waals surface area contributed by atoms with Gasteiger partial charge in [-0.2, -0.15) is 0 Å². The molecule has 0 aliphatic carbocycles. The van der Waals surface area contributed by atoms with E-state index in [1.54, 1.807) is 12.1 Å². The summed E-state index contributed by atoms with van der Waals surface area (Å²) in [6.07, 6.45) is 0. The molecule has 0 saturated carbocycles. The summed E-state index contributed by atoms with van der Waals surface area (Å²) in [5, 5.41) is 12.1. The van der Waals surface area contributed by atoms with Crippen LogP contribution in [0.5, 0.6) is 5.75 Å². The molecule has 0 heterocycles. The van der Waals surface area contributed by atoms with Gasteiger partial charge in [0.15, 0.2) is 0 Å². The van der Waals surface area contributed by atoms with E-state index in [4.69, 9.17) is 0 Å². The van der Waals surface area contributed by atoms with Crippen LogP contribution in [0.15, 0.2) is 18.2 Å². The molecule has 2 N–H and O–H groups in total. The van der Waals surface area contributed by atoms with Crippen LogP contribution in [0, 0.1) is 12.8 Å². The van der Waals surface area contributed by atoms with Crippen LogP contribution >= 0.6 is 0 Å². The van der Waals surface area contributed by atoms with Crippen LogP contribution in [-0.4, -0.2) is 17.6 Å². The predicted octanol–water partition coefficient (Wildman–Crippen LogP) is 2.09. The number of carbonyl (C=O) groups is 1. The van der Waals surface area contributed by atoms with Crippen LogP contribution in [0.2, 0.25) is 0 Å². The maximum absolute atomic E-state index is 11.6. The summed E-state index contributed by atoms with van der Waals surface area (Å²) in [5.74, 6) is 0.416.